The first-order chi connectivity index (χ1) is 6.72. The molecule has 0 aromatic carbocycles. The Labute approximate surface area is 93.0 Å². The van der Waals surface area contributed by atoms with Crippen LogP contribution in [0.2, 0.25) is 0 Å². The van der Waals surface area contributed by atoms with E-state index in [1.807, 2.05) is 0 Å². The molecule has 1 aromatic heterocycles. The van der Waals surface area contributed by atoms with E-state index in [4.69, 9.17) is 4.74 Å². The fourth-order valence-corrected chi connectivity index (χ4v) is 1.38. The summed E-state index contributed by atoms with van der Waals surface area (Å²) in [6.07, 6.45) is 5.28. The summed E-state index contributed by atoms with van der Waals surface area (Å²) in [5.74, 6) is 0.623. The summed E-state index contributed by atoms with van der Waals surface area (Å²) < 4.78 is 5.39. The predicted molar refractivity (Wildman–Crippen MR) is 59.9 cm³/mol. The van der Waals surface area contributed by atoms with Crippen LogP contribution >= 0.6 is 15.9 Å². The van der Waals surface area contributed by atoms with Crippen molar-refractivity contribution in [3.05, 3.63) is 18.1 Å². The lowest BCUT2D eigenvalue weighted by Crippen LogP contribution is -2.03. The Morgan fingerprint density at radius 1 is 1.50 bits per heavy atom. The lowest BCUT2D eigenvalue weighted by Gasteiger charge is -2.05. The number of nitrogens with zero attached hydrogens (tertiary/aromatic N) is 2. The molecule has 1 heterocycles. The van der Waals surface area contributed by atoms with E-state index in [0.717, 1.165) is 18.5 Å². The van der Waals surface area contributed by atoms with Crippen molar-refractivity contribution in [1.82, 2.24) is 9.97 Å². The zero-order valence-electron chi connectivity index (χ0n) is 8.53. The number of ether oxygens (including phenoxy) is 1. The predicted octanol–water partition coefficient (Wildman–Crippen LogP) is 2.59. The quantitative estimate of drug-likeness (QED) is 0.762. The maximum Gasteiger partial charge on any atom is 0.232 e. The molecule has 0 aliphatic heterocycles. The molecule has 0 amide bonds. The molecule has 14 heavy (non-hydrogen) atoms. The van der Waals surface area contributed by atoms with Crippen LogP contribution in [-0.4, -0.2) is 21.4 Å². The van der Waals surface area contributed by atoms with E-state index in [1.54, 1.807) is 12.4 Å². The minimum Gasteiger partial charge on any atom is -0.477 e. The van der Waals surface area contributed by atoms with Crippen molar-refractivity contribution < 1.29 is 4.74 Å². The van der Waals surface area contributed by atoms with E-state index in [-0.39, 0.29) is 0 Å². The summed E-state index contributed by atoms with van der Waals surface area (Å²) in [7, 11) is 0. The van der Waals surface area contributed by atoms with E-state index >= 15 is 0 Å². The Morgan fingerprint density at radius 3 is 2.93 bits per heavy atom. The third-order valence-electron chi connectivity index (χ3n) is 1.61. The Balaban J connectivity index is 2.59. The molecule has 0 radical (unpaired) electrons. The van der Waals surface area contributed by atoms with Crippen LogP contribution < -0.4 is 4.74 Å². The highest BCUT2D eigenvalue weighted by molar-refractivity contribution is 9.09. The number of hydrogen-bond acceptors (Lipinski definition) is 3. The molecule has 0 aliphatic carbocycles. The van der Waals surface area contributed by atoms with E-state index in [0.29, 0.717) is 17.3 Å². The first kappa shape index (κ1) is 11.4. The molecule has 0 aliphatic rings. The minimum atomic E-state index is 0.415. The van der Waals surface area contributed by atoms with Gasteiger partial charge in [0.1, 0.15) is 0 Å². The average Bonchev–Trinajstić information content (AvgIpc) is 2.14. The van der Waals surface area contributed by atoms with Crippen LogP contribution in [0.15, 0.2) is 12.4 Å². The Hall–Kier alpha value is -0.640. The molecule has 0 fully saturated rings. The van der Waals surface area contributed by atoms with Crippen LogP contribution in [0.1, 0.15) is 26.0 Å². The van der Waals surface area contributed by atoms with Crippen LogP contribution in [-0.2, 0) is 6.42 Å². The summed E-state index contributed by atoms with van der Waals surface area (Å²) in [5.41, 5.74) is 0.961. The van der Waals surface area contributed by atoms with Crippen molar-refractivity contribution in [3.8, 4) is 5.88 Å². The van der Waals surface area contributed by atoms with Gasteiger partial charge in [0.2, 0.25) is 5.88 Å². The molecule has 0 bridgehead atoms. The van der Waals surface area contributed by atoms with Gasteiger partial charge in [-0.3, -0.25) is 4.98 Å². The van der Waals surface area contributed by atoms with Crippen LogP contribution in [0.25, 0.3) is 0 Å². The molecule has 0 saturated heterocycles. The second-order valence-electron chi connectivity index (χ2n) is 3.18. The first-order valence-electron chi connectivity index (χ1n) is 4.80. The molecular weight excluding hydrogens is 244 g/mol. The van der Waals surface area contributed by atoms with Gasteiger partial charge in [-0.05, 0) is 6.42 Å². The number of alkyl halides is 1. The van der Waals surface area contributed by atoms with Crippen molar-refractivity contribution in [2.24, 2.45) is 0 Å². The smallest absolute Gasteiger partial charge is 0.232 e. The van der Waals surface area contributed by atoms with Gasteiger partial charge < -0.3 is 4.74 Å². The van der Waals surface area contributed by atoms with Crippen LogP contribution in [0.4, 0.5) is 0 Å². The van der Waals surface area contributed by atoms with Crippen LogP contribution in [0.3, 0.4) is 0 Å². The highest BCUT2D eigenvalue weighted by atomic mass is 79.9. The summed E-state index contributed by atoms with van der Waals surface area (Å²) in [4.78, 5) is 8.83. The number of aromatic nitrogens is 2. The van der Waals surface area contributed by atoms with Crippen molar-refractivity contribution in [2.75, 3.05) is 6.61 Å². The zero-order chi connectivity index (χ0) is 10.4. The lowest BCUT2D eigenvalue weighted by atomic mass is 10.3. The fraction of sp³-hybridized carbons (Fsp3) is 0.600. The van der Waals surface area contributed by atoms with E-state index in [2.05, 4.69) is 39.7 Å². The largest absolute Gasteiger partial charge is 0.477 e. The van der Waals surface area contributed by atoms with Crippen molar-refractivity contribution in [1.29, 1.82) is 0 Å². The molecule has 1 unspecified atom stereocenters. The molecule has 1 atom stereocenters. The summed E-state index contributed by atoms with van der Waals surface area (Å²) in [6.45, 7) is 4.85. The van der Waals surface area contributed by atoms with E-state index in [9.17, 15) is 0 Å². The molecule has 1 aromatic rings. The third kappa shape index (κ3) is 4.05. The van der Waals surface area contributed by atoms with Gasteiger partial charge in [-0.25, -0.2) is 4.98 Å². The fourth-order valence-electron chi connectivity index (χ4n) is 1.05. The zero-order valence-corrected chi connectivity index (χ0v) is 10.1. The second-order valence-corrected chi connectivity index (χ2v) is 4.75. The van der Waals surface area contributed by atoms with Crippen molar-refractivity contribution >= 4 is 15.9 Å². The summed E-state index contributed by atoms with van der Waals surface area (Å²) in [6, 6.07) is 0. The molecule has 3 nitrogen and oxygen atoms in total. The average molecular weight is 259 g/mol. The summed E-state index contributed by atoms with van der Waals surface area (Å²) >= 11 is 3.48. The highest BCUT2D eigenvalue weighted by Crippen LogP contribution is 2.10. The standard InChI is InChI=1S/C10H15BrN2O/c1-3-4-14-10-7-12-6-9(13-10)5-8(2)11/h6-8H,3-5H2,1-2H3. The molecule has 4 heteroatoms. The first-order valence-corrected chi connectivity index (χ1v) is 5.71. The third-order valence-corrected chi connectivity index (χ3v) is 1.93. The van der Waals surface area contributed by atoms with Gasteiger partial charge in [-0.2, -0.15) is 0 Å². The molecular formula is C10H15BrN2O. The van der Waals surface area contributed by atoms with Gasteiger partial charge in [0.15, 0.2) is 0 Å². The van der Waals surface area contributed by atoms with E-state index in [1.165, 1.54) is 0 Å². The van der Waals surface area contributed by atoms with Gasteiger partial charge in [0.25, 0.3) is 0 Å². The van der Waals surface area contributed by atoms with E-state index < -0.39 is 0 Å². The SMILES string of the molecule is CCCOc1cncc(CC(C)Br)n1. The molecule has 78 valence electrons. The lowest BCUT2D eigenvalue weighted by molar-refractivity contribution is 0.303. The van der Waals surface area contributed by atoms with Gasteiger partial charge in [0, 0.05) is 17.4 Å². The Kier molecular flexibility index (Phi) is 4.87. The van der Waals surface area contributed by atoms with Crippen LogP contribution in [0.5, 0.6) is 5.88 Å². The van der Waals surface area contributed by atoms with Crippen LogP contribution in [0, 0.1) is 0 Å². The Bertz CT molecular complexity index is 279. The molecule has 0 saturated carbocycles. The minimum absolute atomic E-state index is 0.415. The maximum atomic E-state index is 5.39. The van der Waals surface area contributed by atoms with Gasteiger partial charge in [-0.15, -0.1) is 0 Å². The van der Waals surface area contributed by atoms with Gasteiger partial charge in [-0.1, -0.05) is 29.8 Å². The highest BCUT2D eigenvalue weighted by Gasteiger charge is 2.02. The Morgan fingerprint density at radius 2 is 2.29 bits per heavy atom. The monoisotopic (exact) mass is 258 g/mol. The van der Waals surface area contributed by atoms with Gasteiger partial charge in [0.05, 0.1) is 18.5 Å². The van der Waals surface area contributed by atoms with Gasteiger partial charge >= 0.3 is 0 Å². The molecule has 0 N–H and O–H groups in total. The number of hydrogen-bond donors (Lipinski definition) is 0. The van der Waals surface area contributed by atoms with Crippen molar-refractivity contribution in [3.63, 3.8) is 0 Å². The number of rotatable bonds is 5. The summed E-state index contributed by atoms with van der Waals surface area (Å²) in [5, 5.41) is 0. The maximum absolute atomic E-state index is 5.39. The molecule has 1 rings (SSSR count). The van der Waals surface area contributed by atoms with Crippen molar-refractivity contribution in [2.45, 2.75) is 31.5 Å². The second kappa shape index (κ2) is 5.96. The topological polar surface area (TPSA) is 35.0 Å². The normalized spacial score (nSPS) is 12.5. The molecule has 0 spiro atoms. The number of halogens is 1.